The number of nitrogens with two attached hydrogens (primary N) is 1. The molecular formula is C10H12ClNO2. The summed E-state index contributed by atoms with van der Waals surface area (Å²) in [6.45, 7) is 0. The van der Waals surface area contributed by atoms with Crippen molar-refractivity contribution in [1.82, 2.24) is 0 Å². The standard InChI is InChI=1S/C10H12ClNO2/c1-14-8-5-6(10(12)2-3-10)4-7(13)9(8)11/h4-5,13H,2-3,12H2,1H3. The number of hydrogen-bond donors (Lipinski definition) is 2. The van der Waals surface area contributed by atoms with Crippen molar-refractivity contribution in [2.45, 2.75) is 18.4 Å². The average Bonchev–Trinajstić information content (AvgIpc) is 2.89. The van der Waals surface area contributed by atoms with E-state index in [1.165, 1.54) is 7.11 Å². The van der Waals surface area contributed by atoms with Gasteiger partial charge in [0.1, 0.15) is 16.5 Å². The van der Waals surface area contributed by atoms with Crippen LogP contribution in [0.2, 0.25) is 5.02 Å². The van der Waals surface area contributed by atoms with Gasteiger partial charge in [-0.15, -0.1) is 0 Å². The van der Waals surface area contributed by atoms with Crippen LogP contribution in [0.3, 0.4) is 0 Å². The third kappa shape index (κ3) is 1.42. The van der Waals surface area contributed by atoms with Gasteiger partial charge in [0.05, 0.1) is 7.11 Å². The highest BCUT2D eigenvalue weighted by atomic mass is 35.5. The van der Waals surface area contributed by atoms with Gasteiger partial charge in [-0.2, -0.15) is 0 Å². The molecule has 0 unspecified atom stereocenters. The molecule has 1 aromatic carbocycles. The Morgan fingerprint density at radius 2 is 2.14 bits per heavy atom. The van der Waals surface area contributed by atoms with Crippen LogP contribution < -0.4 is 10.5 Å². The molecule has 0 aromatic heterocycles. The van der Waals surface area contributed by atoms with Crippen LogP contribution in [0.15, 0.2) is 12.1 Å². The summed E-state index contributed by atoms with van der Waals surface area (Å²) in [5.74, 6) is 0.496. The molecule has 0 bridgehead atoms. The SMILES string of the molecule is COc1cc(C2(N)CC2)cc(O)c1Cl. The predicted molar refractivity (Wildman–Crippen MR) is 54.8 cm³/mol. The van der Waals surface area contributed by atoms with Crippen molar-refractivity contribution in [3.05, 3.63) is 22.7 Å². The van der Waals surface area contributed by atoms with Crippen molar-refractivity contribution < 1.29 is 9.84 Å². The minimum Gasteiger partial charge on any atom is -0.506 e. The summed E-state index contributed by atoms with van der Waals surface area (Å²) >= 11 is 5.82. The summed E-state index contributed by atoms with van der Waals surface area (Å²) in [6, 6.07) is 3.40. The number of phenols is 1. The highest BCUT2D eigenvalue weighted by Crippen LogP contribution is 2.46. The van der Waals surface area contributed by atoms with E-state index in [9.17, 15) is 5.11 Å². The van der Waals surface area contributed by atoms with Crippen molar-refractivity contribution in [3.8, 4) is 11.5 Å². The molecule has 0 heterocycles. The lowest BCUT2D eigenvalue weighted by atomic mass is 10.1. The number of aromatic hydroxyl groups is 1. The Hall–Kier alpha value is -0.930. The summed E-state index contributed by atoms with van der Waals surface area (Å²) in [5, 5.41) is 9.77. The van der Waals surface area contributed by atoms with E-state index in [-0.39, 0.29) is 16.3 Å². The van der Waals surface area contributed by atoms with Crippen molar-refractivity contribution >= 4 is 11.6 Å². The Labute approximate surface area is 87.4 Å². The maximum Gasteiger partial charge on any atom is 0.141 e. The number of ether oxygens (including phenoxy) is 1. The van der Waals surface area contributed by atoms with Crippen molar-refractivity contribution in [3.63, 3.8) is 0 Å². The molecule has 0 amide bonds. The van der Waals surface area contributed by atoms with E-state index in [2.05, 4.69) is 0 Å². The molecular weight excluding hydrogens is 202 g/mol. The highest BCUT2D eigenvalue weighted by molar-refractivity contribution is 6.33. The normalized spacial score (nSPS) is 17.9. The fourth-order valence-corrected chi connectivity index (χ4v) is 1.63. The fourth-order valence-electron chi connectivity index (χ4n) is 1.44. The minimum absolute atomic E-state index is 0.0257. The molecule has 0 saturated heterocycles. The van der Waals surface area contributed by atoms with Gasteiger partial charge in [0, 0.05) is 5.54 Å². The van der Waals surface area contributed by atoms with Gasteiger partial charge in [-0.3, -0.25) is 0 Å². The molecule has 2 rings (SSSR count). The van der Waals surface area contributed by atoms with Gasteiger partial charge in [0.2, 0.25) is 0 Å². The van der Waals surface area contributed by atoms with Crippen LogP contribution in [0.25, 0.3) is 0 Å². The minimum atomic E-state index is -0.282. The van der Waals surface area contributed by atoms with Crippen LogP contribution in [0.5, 0.6) is 11.5 Å². The molecule has 0 aliphatic heterocycles. The predicted octanol–water partition coefficient (Wildman–Crippen LogP) is 2.00. The summed E-state index contributed by atoms with van der Waals surface area (Å²) in [4.78, 5) is 0. The quantitative estimate of drug-likeness (QED) is 0.790. The number of benzene rings is 1. The van der Waals surface area contributed by atoms with Crippen molar-refractivity contribution in [2.24, 2.45) is 5.73 Å². The first-order valence-electron chi connectivity index (χ1n) is 4.43. The molecule has 1 aromatic rings. The molecule has 76 valence electrons. The van der Waals surface area contributed by atoms with Gasteiger partial charge < -0.3 is 15.6 Å². The van der Waals surface area contributed by atoms with Crippen LogP contribution in [0.4, 0.5) is 0 Å². The maximum absolute atomic E-state index is 9.54. The van der Waals surface area contributed by atoms with Crippen LogP contribution in [0.1, 0.15) is 18.4 Å². The van der Waals surface area contributed by atoms with Gasteiger partial charge in [0.15, 0.2) is 0 Å². The van der Waals surface area contributed by atoms with Crippen LogP contribution in [0, 0.1) is 0 Å². The molecule has 3 nitrogen and oxygen atoms in total. The van der Waals surface area contributed by atoms with Crippen LogP contribution >= 0.6 is 11.6 Å². The number of halogens is 1. The Balaban J connectivity index is 2.48. The third-order valence-electron chi connectivity index (χ3n) is 2.60. The number of hydrogen-bond acceptors (Lipinski definition) is 3. The van der Waals surface area contributed by atoms with E-state index in [1.54, 1.807) is 12.1 Å². The molecule has 0 spiro atoms. The molecule has 4 heteroatoms. The zero-order chi connectivity index (χ0) is 10.3. The molecule has 0 atom stereocenters. The van der Waals surface area contributed by atoms with E-state index >= 15 is 0 Å². The molecule has 3 N–H and O–H groups in total. The largest absolute Gasteiger partial charge is 0.506 e. The Kier molecular flexibility index (Phi) is 2.09. The zero-order valence-electron chi connectivity index (χ0n) is 7.88. The number of rotatable bonds is 2. The molecule has 1 aliphatic rings. The first kappa shape index (κ1) is 9.62. The second-order valence-electron chi connectivity index (χ2n) is 3.67. The third-order valence-corrected chi connectivity index (χ3v) is 2.98. The lowest BCUT2D eigenvalue weighted by Gasteiger charge is -2.13. The summed E-state index contributed by atoms with van der Waals surface area (Å²) in [6.07, 6.45) is 1.88. The second kappa shape index (κ2) is 3.04. The molecule has 1 aliphatic carbocycles. The van der Waals surface area contributed by atoms with E-state index in [0.717, 1.165) is 18.4 Å². The average molecular weight is 214 g/mol. The zero-order valence-corrected chi connectivity index (χ0v) is 8.64. The van der Waals surface area contributed by atoms with Gasteiger partial charge >= 0.3 is 0 Å². The van der Waals surface area contributed by atoms with Gasteiger partial charge in [-0.1, -0.05) is 11.6 Å². The summed E-state index contributed by atoms with van der Waals surface area (Å²) in [5.41, 5.74) is 6.60. The van der Waals surface area contributed by atoms with E-state index in [1.807, 2.05) is 0 Å². The van der Waals surface area contributed by atoms with E-state index in [0.29, 0.717) is 5.75 Å². The van der Waals surface area contributed by atoms with Gasteiger partial charge in [-0.05, 0) is 30.5 Å². The monoisotopic (exact) mass is 213 g/mol. The van der Waals surface area contributed by atoms with Crippen molar-refractivity contribution in [1.29, 1.82) is 0 Å². The first-order valence-corrected chi connectivity index (χ1v) is 4.80. The lowest BCUT2D eigenvalue weighted by molar-refractivity contribution is 0.406. The van der Waals surface area contributed by atoms with E-state index < -0.39 is 0 Å². The maximum atomic E-state index is 9.54. The smallest absolute Gasteiger partial charge is 0.141 e. The topological polar surface area (TPSA) is 55.5 Å². The second-order valence-corrected chi connectivity index (χ2v) is 4.05. The Morgan fingerprint density at radius 1 is 1.50 bits per heavy atom. The molecule has 0 radical (unpaired) electrons. The molecule has 1 fully saturated rings. The Bertz CT molecular complexity index is 375. The summed E-state index contributed by atoms with van der Waals surface area (Å²) in [7, 11) is 1.51. The number of phenolic OH excluding ortho intramolecular Hbond substituents is 1. The van der Waals surface area contributed by atoms with Gasteiger partial charge in [0.25, 0.3) is 0 Å². The first-order chi connectivity index (χ1) is 6.57. The fraction of sp³-hybridized carbons (Fsp3) is 0.400. The van der Waals surface area contributed by atoms with Crippen molar-refractivity contribution in [2.75, 3.05) is 7.11 Å². The van der Waals surface area contributed by atoms with E-state index in [4.69, 9.17) is 22.1 Å². The highest BCUT2D eigenvalue weighted by Gasteiger charge is 2.40. The lowest BCUT2D eigenvalue weighted by Crippen LogP contribution is -2.18. The van der Waals surface area contributed by atoms with Crippen LogP contribution in [-0.2, 0) is 5.54 Å². The van der Waals surface area contributed by atoms with Gasteiger partial charge in [-0.25, -0.2) is 0 Å². The summed E-state index contributed by atoms with van der Waals surface area (Å²) < 4.78 is 5.04. The number of methoxy groups -OCH3 is 1. The Morgan fingerprint density at radius 3 is 2.64 bits per heavy atom. The molecule has 14 heavy (non-hydrogen) atoms. The molecule has 1 saturated carbocycles. The van der Waals surface area contributed by atoms with Crippen LogP contribution in [-0.4, -0.2) is 12.2 Å².